The normalized spacial score (nSPS) is 13.6. The van der Waals surface area contributed by atoms with Crippen molar-refractivity contribution in [2.45, 2.75) is 13.2 Å². The fourth-order valence-corrected chi connectivity index (χ4v) is 3.74. The molecule has 0 bridgehead atoms. The van der Waals surface area contributed by atoms with Gasteiger partial charge in [0.1, 0.15) is 18.1 Å². The highest BCUT2D eigenvalue weighted by molar-refractivity contribution is 5.97. The molecule has 8 heteroatoms. The Morgan fingerprint density at radius 2 is 1.35 bits per heavy atom. The molecular weight excluding hydrogens is 442 g/mol. The van der Waals surface area contributed by atoms with Crippen LogP contribution in [0.5, 0.6) is 11.5 Å². The summed E-state index contributed by atoms with van der Waals surface area (Å²) < 4.78 is 35.5. The highest BCUT2D eigenvalue weighted by Gasteiger charge is 2.27. The minimum atomic E-state index is -3.02. The fraction of sp³-hybridized carbons (Fsp3) is 0.231. The summed E-state index contributed by atoms with van der Waals surface area (Å²) in [6.07, 6.45) is 0. The van der Waals surface area contributed by atoms with Gasteiger partial charge < -0.3 is 19.3 Å². The maximum absolute atomic E-state index is 12.9. The van der Waals surface area contributed by atoms with E-state index in [1.807, 2.05) is 30.3 Å². The van der Waals surface area contributed by atoms with Crippen molar-refractivity contribution in [2.75, 3.05) is 26.2 Å². The van der Waals surface area contributed by atoms with Crippen LogP contribution in [0.3, 0.4) is 0 Å². The van der Waals surface area contributed by atoms with E-state index in [2.05, 4.69) is 4.74 Å². The van der Waals surface area contributed by atoms with Gasteiger partial charge in [0, 0.05) is 31.7 Å². The monoisotopic (exact) mass is 466 g/mol. The second-order valence-electron chi connectivity index (χ2n) is 7.76. The molecule has 1 aliphatic heterocycles. The highest BCUT2D eigenvalue weighted by Crippen LogP contribution is 2.23. The molecule has 0 saturated carbocycles. The molecule has 0 N–H and O–H groups in total. The van der Waals surface area contributed by atoms with Gasteiger partial charge in [-0.1, -0.05) is 42.5 Å². The predicted octanol–water partition coefficient (Wildman–Crippen LogP) is 4.47. The molecule has 1 fully saturated rings. The zero-order valence-electron chi connectivity index (χ0n) is 18.4. The molecule has 0 spiro atoms. The molecule has 1 aliphatic rings. The standard InChI is InChI=1S/C26H24F2N2O4/c27-26(28)34-23-9-5-4-8-22(23)25(32)30-16-14-29(15-17-30)24(31)20-10-12-21(13-11-20)33-18-19-6-2-1-3-7-19/h1-13,26H,14-18H2. The number of rotatable bonds is 7. The molecule has 34 heavy (non-hydrogen) atoms. The largest absolute Gasteiger partial charge is 0.489 e. The average Bonchev–Trinajstić information content (AvgIpc) is 2.88. The van der Waals surface area contributed by atoms with E-state index in [0.29, 0.717) is 44.1 Å². The Hall–Kier alpha value is -3.94. The van der Waals surface area contributed by atoms with Crippen LogP contribution >= 0.6 is 0 Å². The lowest BCUT2D eigenvalue weighted by Crippen LogP contribution is -2.50. The van der Waals surface area contributed by atoms with Crippen molar-refractivity contribution in [1.82, 2.24) is 9.80 Å². The van der Waals surface area contributed by atoms with Crippen LogP contribution < -0.4 is 9.47 Å². The molecular formula is C26H24F2N2O4. The van der Waals surface area contributed by atoms with E-state index < -0.39 is 12.5 Å². The van der Waals surface area contributed by atoms with Crippen molar-refractivity contribution in [1.29, 1.82) is 0 Å². The van der Waals surface area contributed by atoms with Gasteiger partial charge in [0.15, 0.2) is 0 Å². The summed E-state index contributed by atoms with van der Waals surface area (Å²) in [5, 5.41) is 0. The maximum Gasteiger partial charge on any atom is 0.387 e. The van der Waals surface area contributed by atoms with Crippen molar-refractivity contribution >= 4 is 11.8 Å². The first-order valence-corrected chi connectivity index (χ1v) is 10.9. The highest BCUT2D eigenvalue weighted by atomic mass is 19.3. The molecule has 0 aliphatic carbocycles. The number of halogens is 2. The Bertz CT molecular complexity index is 1120. The Kier molecular flexibility index (Phi) is 7.37. The van der Waals surface area contributed by atoms with Crippen LogP contribution in [0.25, 0.3) is 0 Å². The van der Waals surface area contributed by atoms with Gasteiger partial charge in [0.25, 0.3) is 11.8 Å². The van der Waals surface area contributed by atoms with Gasteiger partial charge in [-0.2, -0.15) is 8.78 Å². The van der Waals surface area contributed by atoms with Crippen LogP contribution in [0.1, 0.15) is 26.3 Å². The fourth-order valence-electron chi connectivity index (χ4n) is 3.74. The molecule has 2 amide bonds. The van der Waals surface area contributed by atoms with Gasteiger partial charge in [-0.3, -0.25) is 9.59 Å². The summed E-state index contributed by atoms with van der Waals surface area (Å²) in [7, 11) is 0. The maximum atomic E-state index is 12.9. The minimum absolute atomic E-state index is 0.0775. The summed E-state index contributed by atoms with van der Waals surface area (Å²) >= 11 is 0. The van der Waals surface area contributed by atoms with Crippen LogP contribution in [0, 0.1) is 0 Å². The molecule has 0 radical (unpaired) electrons. The number of carbonyl (C=O) groups excluding carboxylic acids is 2. The van der Waals surface area contributed by atoms with Gasteiger partial charge in [0.05, 0.1) is 5.56 Å². The minimum Gasteiger partial charge on any atom is -0.489 e. The second-order valence-corrected chi connectivity index (χ2v) is 7.76. The van der Waals surface area contributed by atoms with Gasteiger partial charge in [-0.25, -0.2) is 0 Å². The van der Waals surface area contributed by atoms with Gasteiger partial charge in [0.2, 0.25) is 0 Å². The number of piperazine rings is 1. The van der Waals surface area contributed by atoms with Crippen LogP contribution in [-0.2, 0) is 6.61 Å². The van der Waals surface area contributed by atoms with Gasteiger partial charge in [-0.15, -0.1) is 0 Å². The zero-order valence-corrected chi connectivity index (χ0v) is 18.4. The molecule has 4 rings (SSSR count). The first kappa shape index (κ1) is 23.2. The van der Waals surface area contributed by atoms with Crippen LogP contribution in [0.2, 0.25) is 0 Å². The number of hydrogen-bond acceptors (Lipinski definition) is 4. The third-order valence-electron chi connectivity index (χ3n) is 5.54. The van der Waals surface area contributed by atoms with Gasteiger partial charge in [-0.05, 0) is 42.0 Å². The summed E-state index contributed by atoms with van der Waals surface area (Å²) in [5.41, 5.74) is 1.66. The predicted molar refractivity (Wildman–Crippen MR) is 122 cm³/mol. The molecule has 3 aromatic rings. The lowest BCUT2D eigenvalue weighted by molar-refractivity contribution is -0.0503. The molecule has 0 aromatic heterocycles. The number of hydrogen-bond donors (Lipinski definition) is 0. The summed E-state index contributed by atoms with van der Waals surface area (Å²) in [6.45, 7) is -1.30. The molecule has 0 unspecified atom stereocenters. The van der Waals surface area contributed by atoms with Crippen molar-refractivity contribution in [3.05, 3.63) is 95.6 Å². The molecule has 1 saturated heterocycles. The van der Waals surface area contributed by atoms with E-state index in [4.69, 9.17) is 4.74 Å². The Morgan fingerprint density at radius 1 is 0.765 bits per heavy atom. The first-order valence-electron chi connectivity index (χ1n) is 10.9. The van der Waals surface area contributed by atoms with E-state index >= 15 is 0 Å². The topological polar surface area (TPSA) is 59.1 Å². The van der Waals surface area contributed by atoms with E-state index in [1.165, 1.54) is 23.1 Å². The second kappa shape index (κ2) is 10.8. The van der Waals surface area contributed by atoms with Crippen molar-refractivity contribution in [3.63, 3.8) is 0 Å². The Morgan fingerprint density at radius 3 is 2.00 bits per heavy atom. The van der Waals surface area contributed by atoms with E-state index in [0.717, 1.165) is 5.56 Å². The van der Waals surface area contributed by atoms with E-state index in [1.54, 1.807) is 35.2 Å². The Balaban J connectivity index is 1.32. The number of nitrogens with zero attached hydrogens (tertiary/aromatic N) is 2. The number of benzene rings is 3. The lowest BCUT2D eigenvalue weighted by atomic mass is 10.1. The van der Waals surface area contributed by atoms with E-state index in [-0.39, 0.29) is 17.2 Å². The van der Waals surface area contributed by atoms with Crippen LogP contribution in [0.4, 0.5) is 8.78 Å². The average molecular weight is 466 g/mol. The SMILES string of the molecule is O=C(c1ccc(OCc2ccccc2)cc1)N1CCN(C(=O)c2ccccc2OC(F)F)CC1. The molecule has 6 nitrogen and oxygen atoms in total. The van der Waals surface area contributed by atoms with Crippen molar-refractivity contribution in [3.8, 4) is 11.5 Å². The molecule has 176 valence electrons. The lowest BCUT2D eigenvalue weighted by Gasteiger charge is -2.35. The van der Waals surface area contributed by atoms with E-state index in [9.17, 15) is 18.4 Å². The summed E-state index contributed by atoms with van der Waals surface area (Å²) in [4.78, 5) is 28.9. The Labute approximate surface area is 196 Å². The first-order chi connectivity index (χ1) is 16.5. The van der Waals surface area contributed by atoms with Crippen LogP contribution in [0.15, 0.2) is 78.9 Å². The molecule has 3 aromatic carbocycles. The number of ether oxygens (including phenoxy) is 2. The summed E-state index contributed by atoms with van der Waals surface area (Å²) in [6, 6.07) is 22.7. The number of carbonyl (C=O) groups is 2. The molecule has 1 heterocycles. The van der Waals surface area contributed by atoms with Crippen molar-refractivity contribution in [2.24, 2.45) is 0 Å². The summed E-state index contributed by atoms with van der Waals surface area (Å²) in [5.74, 6) is -0.0255. The van der Waals surface area contributed by atoms with Crippen molar-refractivity contribution < 1.29 is 27.8 Å². The number of para-hydroxylation sites is 1. The van der Waals surface area contributed by atoms with Crippen LogP contribution in [-0.4, -0.2) is 54.4 Å². The smallest absolute Gasteiger partial charge is 0.387 e. The number of alkyl halides is 2. The quantitative estimate of drug-likeness (QED) is 0.516. The van der Waals surface area contributed by atoms with Gasteiger partial charge >= 0.3 is 6.61 Å². The molecule has 0 atom stereocenters. The number of amides is 2. The third kappa shape index (κ3) is 5.70. The zero-order chi connectivity index (χ0) is 23.9. The third-order valence-corrected chi connectivity index (χ3v) is 5.54.